The second kappa shape index (κ2) is 6.79. The molecule has 6 aromatic rings. The second-order valence-electron chi connectivity index (χ2n) is 8.12. The van der Waals surface area contributed by atoms with E-state index < -0.39 is 23.5 Å². The van der Waals surface area contributed by atoms with Gasteiger partial charge < -0.3 is 0 Å². The quantitative estimate of drug-likeness (QED) is 0.215. The van der Waals surface area contributed by atoms with Crippen molar-refractivity contribution >= 4 is 43.6 Å². The largest absolute Gasteiger partial charge is 0.416 e. The van der Waals surface area contributed by atoms with Crippen LogP contribution in [-0.2, 0) is 12.4 Å². The van der Waals surface area contributed by atoms with E-state index in [2.05, 4.69) is 0 Å². The third-order valence-electron chi connectivity index (χ3n) is 6.15. The molecule has 0 aliphatic carbocycles. The molecule has 0 amide bonds. The third-order valence-corrected chi connectivity index (χ3v) is 6.15. The number of hydrogen-bond acceptors (Lipinski definition) is 0. The van der Waals surface area contributed by atoms with Crippen LogP contribution in [0.3, 0.4) is 0 Å². The first-order valence-corrected chi connectivity index (χ1v) is 10.4. The lowest BCUT2D eigenvalue weighted by Crippen LogP contribution is -2.11. The van der Waals surface area contributed by atoms with E-state index in [9.17, 15) is 26.3 Å². The van der Waals surface area contributed by atoms with E-state index in [0.29, 0.717) is 32.6 Å². The molecule has 0 spiro atoms. The zero-order chi connectivity index (χ0) is 23.8. The molecule has 34 heavy (non-hydrogen) atoms. The molecular weight excluding hydrogens is 454 g/mol. The van der Waals surface area contributed by atoms with Crippen molar-refractivity contribution in [2.45, 2.75) is 12.4 Å². The van der Waals surface area contributed by atoms with Crippen LogP contribution in [0.15, 0.2) is 84.9 Å². The van der Waals surface area contributed by atoms with E-state index in [0.717, 1.165) is 24.3 Å². The Morgan fingerprint density at radius 2 is 0.765 bits per heavy atom. The summed E-state index contributed by atoms with van der Waals surface area (Å²) in [5.41, 5.74) is -0.0115. The molecule has 0 saturated heterocycles. The number of rotatable bonds is 1. The van der Waals surface area contributed by atoms with Crippen LogP contribution in [-0.4, -0.2) is 9.35 Å². The van der Waals surface area contributed by atoms with E-state index >= 15 is 0 Å². The van der Waals surface area contributed by atoms with Crippen molar-refractivity contribution < 1.29 is 26.3 Å². The van der Waals surface area contributed by atoms with Gasteiger partial charge in [0.15, 0.2) is 0 Å². The first kappa shape index (κ1) is 20.7. The van der Waals surface area contributed by atoms with Crippen molar-refractivity contribution in [1.29, 1.82) is 0 Å². The predicted octanol–water partition coefficient (Wildman–Crippen LogP) is 8.25. The normalized spacial score (nSPS) is 13.0. The van der Waals surface area contributed by atoms with Gasteiger partial charge in [0.2, 0.25) is 0 Å². The van der Waals surface area contributed by atoms with E-state index in [-0.39, 0.29) is 11.0 Å². The Kier molecular flexibility index (Phi) is 4.12. The summed E-state index contributed by atoms with van der Waals surface area (Å²) in [7, 11) is 0. The highest BCUT2D eigenvalue weighted by Crippen LogP contribution is 2.39. The van der Waals surface area contributed by atoms with Crippen molar-refractivity contribution in [3.05, 3.63) is 96.1 Å². The lowest BCUT2D eigenvalue weighted by molar-refractivity contribution is -0.138. The van der Waals surface area contributed by atoms with Crippen LogP contribution < -0.4 is 0 Å². The molecule has 2 heterocycles. The highest BCUT2D eigenvalue weighted by atomic mass is 19.4. The molecule has 2 nitrogen and oxygen atoms in total. The van der Waals surface area contributed by atoms with Crippen molar-refractivity contribution in [1.82, 2.24) is 9.35 Å². The standard InChI is InChI=1S/C26H14F6N2/c27-25(28,29)15-9-11-19-17-5-1-3-7-21(17)33(23(19)13-15)34-22-8-4-2-6-18(22)20-12-10-16(14-24(20)34)26(30,31)32/h1-14H. The smallest absolute Gasteiger partial charge is 0.248 e. The van der Waals surface area contributed by atoms with E-state index in [1.807, 2.05) is 0 Å². The Morgan fingerprint density at radius 1 is 0.412 bits per heavy atom. The summed E-state index contributed by atoms with van der Waals surface area (Å²) < 4.78 is 84.7. The van der Waals surface area contributed by atoms with E-state index in [4.69, 9.17) is 0 Å². The van der Waals surface area contributed by atoms with Gasteiger partial charge in [-0.2, -0.15) is 26.3 Å². The van der Waals surface area contributed by atoms with Crippen LogP contribution in [0.2, 0.25) is 0 Å². The van der Waals surface area contributed by atoms with Crippen LogP contribution >= 0.6 is 0 Å². The summed E-state index contributed by atoms with van der Waals surface area (Å²) in [6, 6.07) is 21.1. The van der Waals surface area contributed by atoms with Gasteiger partial charge in [-0.15, -0.1) is 0 Å². The number of aromatic nitrogens is 2. The fourth-order valence-corrected chi connectivity index (χ4v) is 4.68. The molecule has 8 heteroatoms. The Bertz CT molecular complexity index is 1600. The van der Waals surface area contributed by atoms with Crippen LogP contribution in [0.25, 0.3) is 43.6 Å². The molecular formula is C26H14F6N2. The van der Waals surface area contributed by atoms with Crippen molar-refractivity contribution in [3.63, 3.8) is 0 Å². The number of halogens is 6. The van der Waals surface area contributed by atoms with Gasteiger partial charge in [0, 0.05) is 21.5 Å². The van der Waals surface area contributed by atoms with Gasteiger partial charge in [-0.25, -0.2) is 9.35 Å². The third kappa shape index (κ3) is 2.91. The van der Waals surface area contributed by atoms with Crippen LogP contribution in [0.1, 0.15) is 11.1 Å². The number of para-hydroxylation sites is 2. The molecule has 0 fully saturated rings. The SMILES string of the molecule is FC(F)(F)c1ccc2c3ccccc3n(-n3c4ccccc4c4ccc(C(F)(F)F)cc43)c2c1. The molecule has 0 unspecified atom stereocenters. The summed E-state index contributed by atoms with van der Waals surface area (Å²) in [4.78, 5) is 0. The fourth-order valence-electron chi connectivity index (χ4n) is 4.68. The van der Waals surface area contributed by atoms with Crippen molar-refractivity contribution in [2.75, 3.05) is 0 Å². The minimum Gasteiger partial charge on any atom is -0.248 e. The van der Waals surface area contributed by atoms with Gasteiger partial charge in [-0.1, -0.05) is 48.5 Å². The minimum absolute atomic E-state index is 0.246. The number of alkyl halides is 6. The maximum absolute atomic E-state index is 13.6. The second-order valence-corrected chi connectivity index (χ2v) is 8.12. The Morgan fingerprint density at radius 3 is 1.15 bits per heavy atom. The fraction of sp³-hybridized carbons (Fsp3) is 0.0769. The van der Waals surface area contributed by atoms with Gasteiger partial charge in [0.05, 0.1) is 33.2 Å². The molecule has 0 atom stereocenters. The van der Waals surface area contributed by atoms with E-state index in [1.54, 1.807) is 57.9 Å². The Balaban J connectivity index is 1.84. The highest BCUT2D eigenvalue weighted by Gasteiger charge is 2.33. The van der Waals surface area contributed by atoms with E-state index in [1.165, 1.54) is 12.1 Å². The average molecular weight is 468 g/mol. The first-order valence-electron chi connectivity index (χ1n) is 10.4. The van der Waals surface area contributed by atoms with Crippen molar-refractivity contribution in [2.24, 2.45) is 0 Å². The zero-order valence-electron chi connectivity index (χ0n) is 17.2. The monoisotopic (exact) mass is 468 g/mol. The molecule has 2 aromatic heterocycles. The number of benzene rings is 4. The summed E-state index contributed by atoms with van der Waals surface area (Å²) in [5.74, 6) is 0. The molecule has 170 valence electrons. The number of hydrogen-bond donors (Lipinski definition) is 0. The Hall–Kier alpha value is -3.94. The lowest BCUT2D eigenvalue weighted by Gasteiger charge is -2.15. The molecule has 0 aliphatic heterocycles. The predicted molar refractivity (Wildman–Crippen MR) is 120 cm³/mol. The number of nitrogens with zero attached hydrogens (tertiary/aromatic N) is 2. The molecule has 0 aliphatic rings. The summed E-state index contributed by atoms with van der Waals surface area (Å²) in [6.07, 6.45) is -9.14. The summed E-state index contributed by atoms with van der Waals surface area (Å²) >= 11 is 0. The van der Waals surface area contributed by atoms with Gasteiger partial charge in [0.25, 0.3) is 0 Å². The van der Waals surface area contributed by atoms with Crippen LogP contribution in [0, 0.1) is 0 Å². The average Bonchev–Trinajstić information content (AvgIpc) is 3.29. The Labute approximate surface area is 188 Å². The number of fused-ring (bicyclic) bond motifs is 6. The maximum Gasteiger partial charge on any atom is 0.416 e. The molecule has 6 rings (SSSR count). The van der Waals surface area contributed by atoms with Crippen molar-refractivity contribution in [3.8, 4) is 0 Å². The molecule has 4 aromatic carbocycles. The molecule has 0 saturated carbocycles. The maximum atomic E-state index is 13.6. The van der Waals surface area contributed by atoms with Gasteiger partial charge in [-0.3, -0.25) is 0 Å². The van der Waals surface area contributed by atoms with Crippen LogP contribution in [0.5, 0.6) is 0 Å². The lowest BCUT2D eigenvalue weighted by atomic mass is 10.1. The molecule has 0 bridgehead atoms. The first-order chi connectivity index (χ1) is 16.1. The zero-order valence-corrected chi connectivity index (χ0v) is 17.2. The van der Waals surface area contributed by atoms with Gasteiger partial charge >= 0.3 is 12.4 Å². The minimum atomic E-state index is -4.57. The van der Waals surface area contributed by atoms with Crippen LogP contribution in [0.4, 0.5) is 26.3 Å². The highest BCUT2D eigenvalue weighted by molar-refractivity contribution is 6.11. The summed E-state index contributed by atoms with van der Waals surface area (Å²) in [5, 5.41) is 2.54. The van der Waals surface area contributed by atoms with Gasteiger partial charge in [-0.05, 0) is 36.4 Å². The topological polar surface area (TPSA) is 9.86 Å². The summed E-state index contributed by atoms with van der Waals surface area (Å²) in [6.45, 7) is 0. The van der Waals surface area contributed by atoms with Gasteiger partial charge in [0.1, 0.15) is 0 Å². The molecule has 0 N–H and O–H groups in total. The molecule has 0 radical (unpaired) electrons.